The lowest BCUT2D eigenvalue weighted by Gasteiger charge is -2.28. The fourth-order valence-corrected chi connectivity index (χ4v) is 4.38. The van der Waals surface area contributed by atoms with Crippen molar-refractivity contribution in [3.05, 3.63) is 28.3 Å². The summed E-state index contributed by atoms with van der Waals surface area (Å²) in [7, 11) is -3.94. The van der Waals surface area contributed by atoms with Crippen molar-refractivity contribution in [1.82, 2.24) is 4.31 Å². The molecule has 0 saturated heterocycles. The monoisotopic (exact) mass is 413 g/mol. The second-order valence-electron chi connectivity index (χ2n) is 5.36. The molecule has 2 rings (SSSR count). The van der Waals surface area contributed by atoms with Gasteiger partial charge in [0, 0.05) is 18.7 Å². The summed E-state index contributed by atoms with van der Waals surface area (Å²) >= 11 is 5.94. The zero-order chi connectivity index (χ0) is 19.9. The Morgan fingerprint density at radius 3 is 2.35 bits per heavy atom. The summed E-state index contributed by atoms with van der Waals surface area (Å²) in [5.41, 5.74) is -1.21. The van der Waals surface area contributed by atoms with Gasteiger partial charge in [0.1, 0.15) is 5.75 Å². The topological polar surface area (TPSA) is 83.9 Å². The van der Waals surface area contributed by atoms with E-state index in [4.69, 9.17) is 21.4 Å². The van der Waals surface area contributed by atoms with Crippen LogP contribution in [0, 0.1) is 0 Å². The number of hydrogen-bond donors (Lipinski definition) is 1. The summed E-state index contributed by atoms with van der Waals surface area (Å²) in [6.45, 7) is 3.61. The van der Waals surface area contributed by atoms with Crippen LogP contribution in [0.15, 0.2) is 22.6 Å². The maximum atomic E-state index is 13.1. The van der Waals surface area contributed by atoms with Crippen LogP contribution in [0.4, 0.5) is 13.2 Å². The number of alkyl halides is 3. The molecule has 1 aliphatic rings. The molecule has 0 aromatic heterocycles. The van der Waals surface area contributed by atoms with E-state index < -0.39 is 39.6 Å². The van der Waals surface area contributed by atoms with Crippen molar-refractivity contribution >= 4 is 33.7 Å². The third-order valence-electron chi connectivity index (χ3n) is 3.76. The molecule has 1 aromatic carbocycles. The number of rotatable bonds is 5. The Bertz CT molecular complexity index is 863. The Morgan fingerprint density at radius 1 is 1.31 bits per heavy atom. The van der Waals surface area contributed by atoms with Crippen LogP contribution in [-0.4, -0.2) is 49.2 Å². The molecule has 0 bridgehead atoms. The Kier molecular flexibility index (Phi) is 5.60. The normalized spacial score (nSPS) is 17.5. The first kappa shape index (κ1) is 20.5. The van der Waals surface area contributed by atoms with Gasteiger partial charge in [-0.05, 0) is 18.2 Å². The zero-order valence-electron chi connectivity index (χ0n) is 13.7. The van der Waals surface area contributed by atoms with E-state index in [9.17, 15) is 26.4 Å². The molecule has 144 valence electrons. The third-order valence-corrected chi connectivity index (χ3v) is 6.07. The quantitative estimate of drug-likeness (QED) is 0.801. The van der Waals surface area contributed by atoms with Crippen LogP contribution in [0.5, 0.6) is 5.75 Å². The largest absolute Gasteiger partial charge is 0.478 e. The van der Waals surface area contributed by atoms with Crippen LogP contribution in [0.25, 0.3) is 6.08 Å². The number of carboxylic acid groups (broad SMARTS) is 1. The Hall–Kier alpha value is -1.78. The first-order chi connectivity index (χ1) is 11.9. The molecular formula is C15H15ClF3NO5S. The molecular weight excluding hydrogens is 399 g/mol. The molecule has 26 heavy (non-hydrogen) atoms. The van der Waals surface area contributed by atoms with Crippen LogP contribution < -0.4 is 4.74 Å². The minimum absolute atomic E-state index is 0.152. The van der Waals surface area contributed by atoms with Gasteiger partial charge in [0.25, 0.3) is 0 Å². The molecule has 0 spiro atoms. The van der Waals surface area contributed by atoms with Gasteiger partial charge < -0.3 is 9.84 Å². The summed E-state index contributed by atoms with van der Waals surface area (Å²) in [6.07, 6.45) is -6.95. The lowest BCUT2D eigenvalue weighted by molar-refractivity contribution is -0.187. The molecule has 1 aliphatic heterocycles. The van der Waals surface area contributed by atoms with Crippen molar-refractivity contribution in [2.75, 3.05) is 13.1 Å². The number of aliphatic carboxylic acids is 1. The highest BCUT2D eigenvalue weighted by molar-refractivity contribution is 7.89. The number of carboxylic acids is 1. The van der Waals surface area contributed by atoms with Gasteiger partial charge in [0.15, 0.2) is 0 Å². The predicted octanol–water partition coefficient (Wildman–Crippen LogP) is 3.16. The minimum atomic E-state index is -4.97. The molecule has 0 amide bonds. The second kappa shape index (κ2) is 7.09. The molecule has 11 heteroatoms. The van der Waals surface area contributed by atoms with E-state index in [1.807, 2.05) is 0 Å². The van der Waals surface area contributed by atoms with Crippen molar-refractivity contribution in [2.24, 2.45) is 0 Å². The maximum absolute atomic E-state index is 13.1. The molecule has 0 aliphatic carbocycles. The maximum Gasteiger partial charge on any atom is 0.430 e. The highest BCUT2D eigenvalue weighted by Gasteiger charge is 2.49. The molecule has 1 heterocycles. The van der Waals surface area contributed by atoms with Crippen LogP contribution in [0.1, 0.15) is 19.4 Å². The fourth-order valence-electron chi connectivity index (χ4n) is 2.52. The predicted molar refractivity (Wildman–Crippen MR) is 87.6 cm³/mol. The molecule has 6 nitrogen and oxygen atoms in total. The van der Waals surface area contributed by atoms with Crippen molar-refractivity contribution in [3.8, 4) is 5.75 Å². The summed E-state index contributed by atoms with van der Waals surface area (Å²) < 4.78 is 70.3. The van der Waals surface area contributed by atoms with Crippen LogP contribution >= 0.6 is 11.6 Å². The average molecular weight is 414 g/mol. The van der Waals surface area contributed by atoms with Gasteiger partial charge in [-0.1, -0.05) is 25.4 Å². The number of benzene rings is 1. The van der Waals surface area contributed by atoms with Crippen LogP contribution in [-0.2, 0) is 14.8 Å². The van der Waals surface area contributed by atoms with Gasteiger partial charge in [0.05, 0.1) is 15.5 Å². The Labute approximate surface area is 152 Å². The number of fused-ring (bicyclic) bond motifs is 1. The van der Waals surface area contributed by atoms with Crippen LogP contribution in [0.2, 0.25) is 5.02 Å². The van der Waals surface area contributed by atoms with E-state index in [1.54, 1.807) is 13.8 Å². The Balaban J connectivity index is 2.65. The summed E-state index contributed by atoms with van der Waals surface area (Å²) in [5.74, 6) is -2.25. The zero-order valence-corrected chi connectivity index (χ0v) is 15.2. The molecule has 0 fully saturated rings. The molecule has 1 atom stereocenters. The second-order valence-corrected chi connectivity index (χ2v) is 7.70. The molecule has 0 saturated carbocycles. The Morgan fingerprint density at radius 2 is 1.88 bits per heavy atom. The van der Waals surface area contributed by atoms with E-state index >= 15 is 0 Å². The van der Waals surface area contributed by atoms with Gasteiger partial charge in [-0.25, -0.2) is 13.2 Å². The smallest absolute Gasteiger partial charge is 0.430 e. The first-order valence-electron chi connectivity index (χ1n) is 7.45. The third kappa shape index (κ3) is 3.67. The van der Waals surface area contributed by atoms with Gasteiger partial charge in [-0.2, -0.15) is 17.5 Å². The van der Waals surface area contributed by atoms with Gasteiger partial charge in [-0.3, -0.25) is 0 Å². The highest BCUT2D eigenvalue weighted by Crippen LogP contribution is 2.42. The first-order valence-corrected chi connectivity index (χ1v) is 9.27. The number of halogens is 4. The lowest BCUT2D eigenvalue weighted by Crippen LogP contribution is -2.40. The van der Waals surface area contributed by atoms with E-state index in [2.05, 4.69) is 0 Å². The van der Waals surface area contributed by atoms with Crippen molar-refractivity contribution in [2.45, 2.75) is 31.0 Å². The van der Waals surface area contributed by atoms with Crippen LogP contribution in [0.3, 0.4) is 0 Å². The van der Waals surface area contributed by atoms with Crippen molar-refractivity contribution in [3.63, 3.8) is 0 Å². The average Bonchev–Trinajstić information content (AvgIpc) is 2.53. The van der Waals surface area contributed by atoms with Gasteiger partial charge in [0.2, 0.25) is 16.1 Å². The van der Waals surface area contributed by atoms with E-state index in [-0.39, 0.29) is 28.6 Å². The van der Waals surface area contributed by atoms with Crippen molar-refractivity contribution < 1.29 is 36.2 Å². The number of ether oxygens (including phenoxy) is 1. The molecule has 0 radical (unpaired) electrons. The van der Waals surface area contributed by atoms with E-state index in [0.29, 0.717) is 0 Å². The fraction of sp³-hybridized carbons (Fsp3) is 0.400. The summed E-state index contributed by atoms with van der Waals surface area (Å²) in [5, 5.41) is 8.69. The number of sulfonamides is 1. The van der Waals surface area contributed by atoms with Crippen molar-refractivity contribution in [1.29, 1.82) is 0 Å². The molecule has 1 aromatic rings. The minimum Gasteiger partial charge on any atom is -0.478 e. The van der Waals surface area contributed by atoms with Gasteiger partial charge >= 0.3 is 12.1 Å². The number of nitrogens with zero attached hydrogens (tertiary/aromatic N) is 1. The standard InChI is InChI=1S/C15H15ClF3NO5S/c1-3-20(4-2)26(23,24)9-5-8-6-10(14(21)22)13(15(17,18)19)25-12(8)11(16)7-9/h5-7,13H,3-4H2,1-2H3,(H,21,22). The SMILES string of the molecule is CCN(CC)S(=O)(=O)c1cc(Cl)c2c(c1)C=C(C(=O)O)C(C(F)(F)F)O2. The lowest BCUT2D eigenvalue weighted by atomic mass is 10.0. The van der Waals surface area contributed by atoms with Gasteiger partial charge in [-0.15, -0.1) is 0 Å². The highest BCUT2D eigenvalue weighted by atomic mass is 35.5. The van der Waals surface area contributed by atoms with E-state index in [0.717, 1.165) is 22.5 Å². The molecule has 1 unspecified atom stereocenters. The molecule has 1 N–H and O–H groups in total. The number of carbonyl (C=O) groups is 1. The number of hydrogen-bond acceptors (Lipinski definition) is 4. The summed E-state index contributed by atoms with van der Waals surface area (Å²) in [6, 6.07) is 2.03. The van der Waals surface area contributed by atoms with E-state index in [1.165, 1.54) is 0 Å². The summed E-state index contributed by atoms with van der Waals surface area (Å²) in [4.78, 5) is 10.9.